The van der Waals surface area contributed by atoms with Crippen molar-refractivity contribution in [3.8, 4) is 17.2 Å². The van der Waals surface area contributed by atoms with E-state index in [1.54, 1.807) is 32.4 Å². The molecule has 0 fully saturated rings. The summed E-state index contributed by atoms with van der Waals surface area (Å²) in [6.45, 7) is 5.88. The first-order valence-electron chi connectivity index (χ1n) is 8.25. The number of amides is 1. The molecule has 1 amide bonds. The van der Waals surface area contributed by atoms with E-state index in [-0.39, 0.29) is 5.91 Å². The number of hydrogen-bond acceptors (Lipinski definition) is 4. The highest BCUT2D eigenvalue weighted by Crippen LogP contribution is 2.29. The second-order valence-electron chi connectivity index (χ2n) is 5.84. The van der Waals surface area contributed by atoms with Crippen LogP contribution in [-0.2, 0) is 4.79 Å². The summed E-state index contributed by atoms with van der Waals surface area (Å²) in [5.74, 6) is 1.71. The van der Waals surface area contributed by atoms with Crippen molar-refractivity contribution in [1.29, 1.82) is 0 Å². The molecule has 0 aliphatic carbocycles. The van der Waals surface area contributed by atoms with Crippen LogP contribution in [0.3, 0.4) is 0 Å². The number of anilines is 1. The smallest absolute Gasteiger partial charge is 0.265 e. The number of benzene rings is 2. The van der Waals surface area contributed by atoms with Gasteiger partial charge in [-0.1, -0.05) is 19.1 Å². The van der Waals surface area contributed by atoms with E-state index in [0.717, 1.165) is 16.9 Å². The molecule has 2 rings (SSSR count). The van der Waals surface area contributed by atoms with Crippen LogP contribution >= 0.6 is 0 Å². The van der Waals surface area contributed by atoms with Gasteiger partial charge in [0.05, 0.1) is 19.9 Å². The van der Waals surface area contributed by atoms with Crippen LogP contribution in [0, 0.1) is 13.8 Å². The predicted octanol–water partition coefficient (Wildman–Crippen LogP) is 4.12. The Balaban J connectivity index is 2.16. The molecule has 0 aliphatic heterocycles. The van der Waals surface area contributed by atoms with Crippen molar-refractivity contribution < 1.29 is 19.0 Å². The highest BCUT2D eigenvalue weighted by atomic mass is 16.5. The van der Waals surface area contributed by atoms with E-state index in [4.69, 9.17) is 14.2 Å². The minimum absolute atomic E-state index is 0.216. The van der Waals surface area contributed by atoms with Crippen molar-refractivity contribution in [2.45, 2.75) is 33.3 Å². The van der Waals surface area contributed by atoms with E-state index >= 15 is 0 Å². The number of hydrogen-bond donors (Lipinski definition) is 1. The number of carbonyl (C=O) groups is 1. The summed E-state index contributed by atoms with van der Waals surface area (Å²) in [5, 5.41) is 2.87. The van der Waals surface area contributed by atoms with Gasteiger partial charge in [-0.05, 0) is 49.6 Å². The summed E-state index contributed by atoms with van der Waals surface area (Å²) >= 11 is 0. The quantitative estimate of drug-likeness (QED) is 0.822. The Labute approximate surface area is 148 Å². The molecule has 0 radical (unpaired) electrons. The first kappa shape index (κ1) is 18.6. The number of aryl methyl sites for hydroxylation is 2. The van der Waals surface area contributed by atoms with E-state index in [2.05, 4.69) is 5.32 Å². The molecule has 1 N–H and O–H groups in total. The van der Waals surface area contributed by atoms with Crippen LogP contribution in [0.4, 0.5) is 5.69 Å². The number of nitrogens with one attached hydrogen (secondary N) is 1. The van der Waals surface area contributed by atoms with Crippen LogP contribution in [0.2, 0.25) is 0 Å². The Morgan fingerprint density at radius 1 is 1.04 bits per heavy atom. The molecule has 134 valence electrons. The summed E-state index contributed by atoms with van der Waals surface area (Å²) in [6.07, 6.45) is -0.0372. The molecule has 0 aliphatic rings. The molecule has 0 unspecified atom stereocenters. The Bertz CT molecular complexity index is 742. The van der Waals surface area contributed by atoms with Gasteiger partial charge >= 0.3 is 0 Å². The Kier molecular flexibility index (Phi) is 6.28. The van der Waals surface area contributed by atoms with Crippen molar-refractivity contribution >= 4 is 11.6 Å². The Morgan fingerprint density at radius 3 is 2.44 bits per heavy atom. The summed E-state index contributed by atoms with van der Waals surface area (Å²) in [7, 11) is 3.13. The molecular weight excluding hydrogens is 318 g/mol. The van der Waals surface area contributed by atoms with E-state index in [1.165, 1.54) is 0 Å². The minimum Gasteiger partial charge on any atom is -0.497 e. The maximum Gasteiger partial charge on any atom is 0.265 e. The van der Waals surface area contributed by atoms with Gasteiger partial charge in [-0.3, -0.25) is 4.79 Å². The highest BCUT2D eigenvalue weighted by Gasteiger charge is 2.21. The van der Waals surface area contributed by atoms with Crippen molar-refractivity contribution in [3.63, 3.8) is 0 Å². The molecule has 0 bridgehead atoms. The highest BCUT2D eigenvalue weighted by molar-refractivity contribution is 5.95. The van der Waals surface area contributed by atoms with Crippen LogP contribution in [0.5, 0.6) is 17.2 Å². The van der Waals surface area contributed by atoms with Crippen molar-refractivity contribution in [2.24, 2.45) is 0 Å². The molecule has 2 aromatic rings. The molecular formula is C20H25NO4. The van der Waals surface area contributed by atoms with E-state index in [9.17, 15) is 4.79 Å². The van der Waals surface area contributed by atoms with Crippen LogP contribution < -0.4 is 19.5 Å². The largest absolute Gasteiger partial charge is 0.497 e. The average molecular weight is 343 g/mol. The standard InChI is InChI=1S/C20H25NO4/c1-6-17(25-18-11-13(2)7-8-14(18)3)20(22)21-16-10-9-15(23-4)12-19(16)24-5/h7-12,17H,6H2,1-5H3,(H,21,22)/t17-/m1/s1. The van der Waals surface area contributed by atoms with Gasteiger partial charge in [0, 0.05) is 6.07 Å². The molecule has 2 aromatic carbocycles. The van der Waals surface area contributed by atoms with Crippen molar-refractivity contribution in [2.75, 3.05) is 19.5 Å². The van der Waals surface area contributed by atoms with Crippen molar-refractivity contribution in [3.05, 3.63) is 47.5 Å². The second-order valence-corrected chi connectivity index (χ2v) is 5.84. The third kappa shape index (κ3) is 4.66. The number of methoxy groups -OCH3 is 2. The molecule has 1 atom stereocenters. The fourth-order valence-corrected chi connectivity index (χ4v) is 2.42. The van der Waals surface area contributed by atoms with Crippen LogP contribution in [0.25, 0.3) is 0 Å². The van der Waals surface area contributed by atoms with Crippen LogP contribution in [-0.4, -0.2) is 26.2 Å². The lowest BCUT2D eigenvalue weighted by Gasteiger charge is -2.20. The number of rotatable bonds is 7. The maximum absolute atomic E-state index is 12.6. The molecule has 0 heterocycles. The molecule has 5 heteroatoms. The molecule has 0 saturated carbocycles. The zero-order chi connectivity index (χ0) is 18.4. The van der Waals surface area contributed by atoms with E-state index in [0.29, 0.717) is 23.6 Å². The Hall–Kier alpha value is -2.69. The fourth-order valence-electron chi connectivity index (χ4n) is 2.42. The third-order valence-electron chi connectivity index (χ3n) is 3.94. The van der Waals surface area contributed by atoms with Crippen LogP contribution in [0.15, 0.2) is 36.4 Å². The molecule has 25 heavy (non-hydrogen) atoms. The van der Waals surface area contributed by atoms with Crippen molar-refractivity contribution in [1.82, 2.24) is 0 Å². The minimum atomic E-state index is -0.590. The lowest BCUT2D eigenvalue weighted by molar-refractivity contribution is -0.122. The molecule has 0 spiro atoms. The van der Waals surface area contributed by atoms with E-state index < -0.39 is 6.10 Å². The van der Waals surface area contributed by atoms with Gasteiger partial charge in [0.1, 0.15) is 17.2 Å². The van der Waals surface area contributed by atoms with Gasteiger partial charge in [-0.15, -0.1) is 0 Å². The average Bonchev–Trinajstić information content (AvgIpc) is 2.62. The van der Waals surface area contributed by atoms with Gasteiger partial charge < -0.3 is 19.5 Å². The zero-order valence-corrected chi connectivity index (χ0v) is 15.4. The Morgan fingerprint density at radius 2 is 1.80 bits per heavy atom. The summed E-state index contributed by atoms with van der Waals surface area (Å²) < 4.78 is 16.4. The number of carbonyl (C=O) groups excluding carboxylic acids is 1. The SMILES string of the molecule is CC[C@@H](Oc1cc(C)ccc1C)C(=O)Nc1ccc(OC)cc1OC. The van der Waals surface area contributed by atoms with Crippen LogP contribution in [0.1, 0.15) is 24.5 Å². The lowest BCUT2D eigenvalue weighted by atomic mass is 10.1. The molecule has 0 saturated heterocycles. The summed E-state index contributed by atoms with van der Waals surface area (Å²) in [4.78, 5) is 12.6. The van der Waals surface area contributed by atoms with Gasteiger partial charge in [-0.25, -0.2) is 0 Å². The zero-order valence-electron chi connectivity index (χ0n) is 15.4. The molecule has 5 nitrogen and oxygen atoms in total. The van der Waals surface area contributed by atoms with Gasteiger partial charge in [0.15, 0.2) is 6.10 Å². The first-order chi connectivity index (χ1) is 12.0. The lowest BCUT2D eigenvalue weighted by Crippen LogP contribution is -2.32. The summed E-state index contributed by atoms with van der Waals surface area (Å²) in [6, 6.07) is 11.2. The predicted molar refractivity (Wildman–Crippen MR) is 98.8 cm³/mol. The topological polar surface area (TPSA) is 56.8 Å². The monoisotopic (exact) mass is 343 g/mol. The normalized spacial score (nSPS) is 11.6. The van der Waals surface area contributed by atoms with Gasteiger partial charge in [0.25, 0.3) is 5.91 Å². The maximum atomic E-state index is 12.6. The first-order valence-corrected chi connectivity index (χ1v) is 8.25. The second kappa shape index (κ2) is 8.42. The molecule has 0 aromatic heterocycles. The fraction of sp³-hybridized carbons (Fsp3) is 0.350. The van der Waals surface area contributed by atoms with Gasteiger partial charge in [-0.2, -0.15) is 0 Å². The van der Waals surface area contributed by atoms with Gasteiger partial charge in [0.2, 0.25) is 0 Å². The summed E-state index contributed by atoms with van der Waals surface area (Å²) in [5.41, 5.74) is 2.67. The van der Waals surface area contributed by atoms with E-state index in [1.807, 2.05) is 39.0 Å². The number of ether oxygens (including phenoxy) is 3. The third-order valence-corrected chi connectivity index (χ3v) is 3.94.